The maximum atomic E-state index is 8.83. The van der Waals surface area contributed by atoms with Crippen molar-refractivity contribution in [3.8, 4) is 17.6 Å². The van der Waals surface area contributed by atoms with E-state index in [0.29, 0.717) is 17.4 Å². The maximum Gasteiger partial charge on any atom is 0.131 e. The van der Waals surface area contributed by atoms with Crippen LogP contribution in [-0.2, 0) is 6.42 Å². The monoisotopic (exact) mass is 280 g/mol. The van der Waals surface area contributed by atoms with Gasteiger partial charge in [-0.2, -0.15) is 5.26 Å². The van der Waals surface area contributed by atoms with Gasteiger partial charge in [-0.3, -0.25) is 0 Å². The largest absolute Gasteiger partial charge is 0.457 e. The third kappa shape index (κ3) is 3.55. The van der Waals surface area contributed by atoms with Crippen LogP contribution in [0.2, 0.25) is 0 Å². The molecule has 0 atom stereocenters. The lowest BCUT2D eigenvalue weighted by molar-refractivity contribution is 0.472. The van der Waals surface area contributed by atoms with E-state index in [4.69, 9.17) is 15.7 Å². The van der Waals surface area contributed by atoms with Gasteiger partial charge in [0.05, 0.1) is 12.5 Å². The average Bonchev–Trinajstić information content (AvgIpc) is 2.42. The number of anilines is 1. The smallest absolute Gasteiger partial charge is 0.131 e. The third-order valence-electron chi connectivity index (χ3n) is 3.40. The van der Waals surface area contributed by atoms with Gasteiger partial charge in [0.1, 0.15) is 11.5 Å². The van der Waals surface area contributed by atoms with E-state index in [1.54, 1.807) is 6.07 Å². The highest BCUT2D eigenvalue weighted by Gasteiger charge is 2.10. The van der Waals surface area contributed by atoms with Crippen LogP contribution in [0.25, 0.3) is 0 Å². The van der Waals surface area contributed by atoms with Gasteiger partial charge in [-0.25, -0.2) is 0 Å². The fourth-order valence-electron chi connectivity index (χ4n) is 2.22. The number of nitriles is 1. The van der Waals surface area contributed by atoms with Crippen LogP contribution >= 0.6 is 0 Å². The van der Waals surface area contributed by atoms with Gasteiger partial charge in [0, 0.05) is 5.69 Å². The Kier molecular flexibility index (Phi) is 4.49. The standard InChI is InChI=1S/C18H20N2O/c1-12(2)16-6-4-13(3)10-18(16)21-15-5-7-17(20)14(11-15)8-9-19/h4-7,10-12H,8,20H2,1-3H3. The fraction of sp³-hybridized carbons (Fsp3) is 0.278. The van der Waals surface area contributed by atoms with Crippen LogP contribution in [0, 0.1) is 18.3 Å². The van der Waals surface area contributed by atoms with Crippen molar-refractivity contribution in [3.05, 3.63) is 53.1 Å². The molecule has 2 aromatic rings. The van der Waals surface area contributed by atoms with E-state index >= 15 is 0 Å². The Hall–Kier alpha value is -2.47. The number of benzene rings is 2. The van der Waals surface area contributed by atoms with Crippen molar-refractivity contribution >= 4 is 5.69 Å². The van der Waals surface area contributed by atoms with Crippen molar-refractivity contribution < 1.29 is 4.74 Å². The molecule has 0 radical (unpaired) electrons. The van der Waals surface area contributed by atoms with E-state index in [2.05, 4.69) is 32.0 Å². The van der Waals surface area contributed by atoms with Crippen molar-refractivity contribution in [1.82, 2.24) is 0 Å². The van der Waals surface area contributed by atoms with Gasteiger partial charge in [-0.05, 0) is 53.8 Å². The average molecular weight is 280 g/mol. The summed E-state index contributed by atoms with van der Waals surface area (Å²) in [6.07, 6.45) is 0.286. The Balaban J connectivity index is 2.36. The fourth-order valence-corrected chi connectivity index (χ4v) is 2.22. The quantitative estimate of drug-likeness (QED) is 0.835. The number of rotatable bonds is 4. The van der Waals surface area contributed by atoms with Crippen molar-refractivity contribution in [3.63, 3.8) is 0 Å². The molecule has 0 spiro atoms. The first-order chi connectivity index (χ1) is 10.0. The third-order valence-corrected chi connectivity index (χ3v) is 3.40. The normalized spacial score (nSPS) is 10.4. The van der Waals surface area contributed by atoms with Crippen LogP contribution in [0.3, 0.4) is 0 Å². The molecule has 3 nitrogen and oxygen atoms in total. The van der Waals surface area contributed by atoms with Gasteiger partial charge in [-0.15, -0.1) is 0 Å². The first-order valence-electron chi connectivity index (χ1n) is 7.05. The van der Waals surface area contributed by atoms with E-state index < -0.39 is 0 Å². The van der Waals surface area contributed by atoms with Gasteiger partial charge in [0.2, 0.25) is 0 Å². The summed E-state index contributed by atoms with van der Waals surface area (Å²) >= 11 is 0. The topological polar surface area (TPSA) is 59.0 Å². The summed E-state index contributed by atoms with van der Waals surface area (Å²) in [5.74, 6) is 1.95. The first kappa shape index (κ1) is 14.9. The lowest BCUT2D eigenvalue weighted by Gasteiger charge is -2.15. The van der Waals surface area contributed by atoms with E-state index in [1.807, 2.05) is 25.1 Å². The summed E-state index contributed by atoms with van der Waals surface area (Å²) in [7, 11) is 0. The molecular formula is C18H20N2O. The second kappa shape index (κ2) is 6.32. The van der Waals surface area contributed by atoms with Crippen molar-refractivity contribution in [2.45, 2.75) is 33.1 Å². The Bertz CT molecular complexity index is 684. The zero-order valence-corrected chi connectivity index (χ0v) is 12.7. The summed E-state index contributed by atoms with van der Waals surface area (Å²) in [6.45, 7) is 6.32. The van der Waals surface area contributed by atoms with Gasteiger partial charge < -0.3 is 10.5 Å². The lowest BCUT2D eigenvalue weighted by atomic mass is 10.0. The first-order valence-corrected chi connectivity index (χ1v) is 7.05. The van der Waals surface area contributed by atoms with Gasteiger partial charge in [0.15, 0.2) is 0 Å². The molecule has 0 bridgehead atoms. The van der Waals surface area contributed by atoms with E-state index in [9.17, 15) is 0 Å². The Labute approximate surface area is 126 Å². The number of ether oxygens (including phenoxy) is 1. The van der Waals surface area contributed by atoms with E-state index in [0.717, 1.165) is 16.9 Å². The molecule has 0 unspecified atom stereocenters. The van der Waals surface area contributed by atoms with Crippen LogP contribution in [0.15, 0.2) is 36.4 Å². The van der Waals surface area contributed by atoms with E-state index in [1.165, 1.54) is 5.56 Å². The van der Waals surface area contributed by atoms with Gasteiger partial charge >= 0.3 is 0 Å². The van der Waals surface area contributed by atoms with Crippen LogP contribution in [0.1, 0.15) is 36.5 Å². The summed E-state index contributed by atoms with van der Waals surface area (Å²) in [6, 6.07) is 13.8. The zero-order chi connectivity index (χ0) is 15.4. The second-order valence-electron chi connectivity index (χ2n) is 5.49. The molecule has 2 rings (SSSR count). The van der Waals surface area contributed by atoms with Crippen LogP contribution in [0.4, 0.5) is 5.69 Å². The molecule has 0 heterocycles. The molecule has 108 valence electrons. The molecule has 0 aliphatic heterocycles. The molecule has 2 aromatic carbocycles. The Morgan fingerprint density at radius 1 is 1.19 bits per heavy atom. The van der Waals surface area contributed by atoms with Crippen molar-refractivity contribution in [1.29, 1.82) is 5.26 Å². The predicted molar refractivity (Wildman–Crippen MR) is 85.5 cm³/mol. The molecule has 21 heavy (non-hydrogen) atoms. The SMILES string of the molecule is Cc1ccc(C(C)C)c(Oc2ccc(N)c(CC#N)c2)c1. The lowest BCUT2D eigenvalue weighted by Crippen LogP contribution is -1.97. The number of hydrogen-bond donors (Lipinski definition) is 1. The highest BCUT2D eigenvalue weighted by molar-refractivity contribution is 5.52. The van der Waals surface area contributed by atoms with Crippen LogP contribution in [-0.4, -0.2) is 0 Å². The molecule has 0 fully saturated rings. The molecule has 0 aliphatic rings. The zero-order valence-electron chi connectivity index (χ0n) is 12.7. The highest BCUT2D eigenvalue weighted by Crippen LogP contribution is 2.32. The minimum absolute atomic E-state index is 0.286. The predicted octanol–water partition coefficient (Wildman–Crippen LogP) is 4.56. The van der Waals surface area contributed by atoms with Crippen molar-refractivity contribution in [2.75, 3.05) is 5.73 Å². The number of nitrogens with two attached hydrogens (primary N) is 1. The molecule has 2 N–H and O–H groups in total. The Morgan fingerprint density at radius 2 is 1.95 bits per heavy atom. The van der Waals surface area contributed by atoms with Crippen LogP contribution in [0.5, 0.6) is 11.5 Å². The highest BCUT2D eigenvalue weighted by atomic mass is 16.5. The molecule has 0 saturated carbocycles. The maximum absolute atomic E-state index is 8.83. The molecule has 0 aliphatic carbocycles. The number of aryl methyl sites for hydroxylation is 1. The second-order valence-corrected chi connectivity index (χ2v) is 5.49. The Morgan fingerprint density at radius 3 is 2.62 bits per heavy atom. The van der Waals surface area contributed by atoms with Gasteiger partial charge in [-0.1, -0.05) is 26.0 Å². The minimum atomic E-state index is 0.286. The number of nitrogen functional groups attached to an aromatic ring is 1. The van der Waals surface area contributed by atoms with Crippen LogP contribution < -0.4 is 10.5 Å². The molecule has 0 aromatic heterocycles. The summed E-state index contributed by atoms with van der Waals surface area (Å²) < 4.78 is 6.03. The summed E-state index contributed by atoms with van der Waals surface area (Å²) in [5, 5.41) is 8.83. The molecular weight excluding hydrogens is 260 g/mol. The molecule has 0 saturated heterocycles. The summed E-state index contributed by atoms with van der Waals surface area (Å²) in [4.78, 5) is 0. The minimum Gasteiger partial charge on any atom is -0.457 e. The van der Waals surface area contributed by atoms with Gasteiger partial charge in [0.25, 0.3) is 0 Å². The number of nitrogens with zero attached hydrogens (tertiary/aromatic N) is 1. The molecule has 3 heteroatoms. The molecule has 0 amide bonds. The number of hydrogen-bond acceptors (Lipinski definition) is 3. The van der Waals surface area contributed by atoms with Crippen molar-refractivity contribution in [2.24, 2.45) is 0 Å². The van der Waals surface area contributed by atoms with E-state index in [-0.39, 0.29) is 6.42 Å². The summed E-state index contributed by atoms with van der Waals surface area (Å²) in [5.41, 5.74) is 9.61.